The molecule has 1 aromatic rings. The SMILES string of the molecule is O=C1NCCCN1Cc1ccc(O)c(O)c1. The average Bonchev–Trinajstić information content (AvgIpc) is 2.27. The van der Waals surface area contributed by atoms with Crippen LogP contribution >= 0.6 is 0 Å². The van der Waals surface area contributed by atoms with Crippen molar-refractivity contribution in [1.82, 2.24) is 10.2 Å². The van der Waals surface area contributed by atoms with E-state index in [-0.39, 0.29) is 17.5 Å². The molecule has 0 spiro atoms. The second-order valence-corrected chi connectivity index (χ2v) is 3.83. The highest BCUT2D eigenvalue weighted by Crippen LogP contribution is 2.25. The first-order valence-electron chi connectivity index (χ1n) is 5.20. The van der Waals surface area contributed by atoms with Crippen molar-refractivity contribution >= 4 is 6.03 Å². The van der Waals surface area contributed by atoms with Crippen LogP contribution in [0.5, 0.6) is 11.5 Å². The molecule has 5 heteroatoms. The molecule has 1 fully saturated rings. The molecule has 5 nitrogen and oxygen atoms in total. The Morgan fingerprint density at radius 3 is 2.81 bits per heavy atom. The Labute approximate surface area is 93.3 Å². The van der Waals surface area contributed by atoms with Crippen LogP contribution in [0.25, 0.3) is 0 Å². The van der Waals surface area contributed by atoms with Gasteiger partial charge in [-0.25, -0.2) is 4.79 Å². The fourth-order valence-corrected chi connectivity index (χ4v) is 1.72. The zero-order valence-corrected chi connectivity index (χ0v) is 8.81. The van der Waals surface area contributed by atoms with E-state index >= 15 is 0 Å². The molecule has 0 aliphatic carbocycles. The van der Waals surface area contributed by atoms with E-state index in [9.17, 15) is 9.90 Å². The molecule has 1 saturated heterocycles. The maximum atomic E-state index is 11.5. The summed E-state index contributed by atoms with van der Waals surface area (Å²) in [5.74, 6) is -0.304. The van der Waals surface area contributed by atoms with E-state index in [1.807, 2.05) is 0 Å². The first-order valence-corrected chi connectivity index (χ1v) is 5.20. The number of carbonyl (C=O) groups excluding carboxylic acids is 1. The molecule has 1 heterocycles. The Balaban J connectivity index is 2.08. The molecule has 0 bridgehead atoms. The molecule has 16 heavy (non-hydrogen) atoms. The van der Waals surface area contributed by atoms with Gasteiger partial charge in [0.15, 0.2) is 11.5 Å². The molecule has 1 aromatic carbocycles. The summed E-state index contributed by atoms with van der Waals surface area (Å²) >= 11 is 0. The average molecular weight is 222 g/mol. The number of urea groups is 1. The van der Waals surface area contributed by atoms with E-state index in [2.05, 4.69) is 5.32 Å². The van der Waals surface area contributed by atoms with Crippen LogP contribution in [-0.4, -0.2) is 34.2 Å². The molecule has 1 aliphatic heterocycles. The van der Waals surface area contributed by atoms with Crippen LogP contribution in [0, 0.1) is 0 Å². The minimum atomic E-state index is -0.157. The third-order valence-corrected chi connectivity index (χ3v) is 2.58. The summed E-state index contributed by atoms with van der Waals surface area (Å²) in [6, 6.07) is 4.50. The van der Waals surface area contributed by atoms with Gasteiger partial charge in [-0.3, -0.25) is 0 Å². The number of hydrogen-bond acceptors (Lipinski definition) is 3. The van der Waals surface area contributed by atoms with Gasteiger partial charge in [-0.1, -0.05) is 6.07 Å². The van der Waals surface area contributed by atoms with Gasteiger partial charge in [0.25, 0.3) is 0 Å². The van der Waals surface area contributed by atoms with Gasteiger partial charge in [-0.2, -0.15) is 0 Å². The molecule has 1 aliphatic rings. The molecule has 0 unspecified atom stereocenters. The maximum absolute atomic E-state index is 11.5. The first kappa shape index (κ1) is 10.6. The highest BCUT2D eigenvalue weighted by Gasteiger charge is 2.17. The third-order valence-electron chi connectivity index (χ3n) is 2.58. The van der Waals surface area contributed by atoms with Crippen LogP contribution in [0.15, 0.2) is 18.2 Å². The standard InChI is InChI=1S/C11H14N2O3/c14-9-3-2-8(6-10(9)15)7-13-5-1-4-12-11(13)16/h2-3,6,14-15H,1,4-5,7H2,(H,12,16). The van der Waals surface area contributed by atoms with E-state index in [0.717, 1.165) is 18.5 Å². The van der Waals surface area contributed by atoms with Crippen molar-refractivity contribution in [2.75, 3.05) is 13.1 Å². The number of amides is 2. The van der Waals surface area contributed by atoms with Crippen LogP contribution in [-0.2, 0) is 6.54 Å². The van der Waals surface area contributed by atoms with Crippen molar-refractivity contribution in [3.8, 4) is 11.5 Å². The third kappa shape index (κ3) is 2.18. The Morgan fingerprint density at radius 2 is 2.12 bits per heavy atom. The first-order chi connectivity index (χ1) is 7.66. The van der Waals surface area contributed by atoms with Crippen LogP contribution in [0.2, 0.25) is 0 Å². The van der Waals surface area contributed by atoms with Crippen molar-refractivity contribution in [3.05, 3.63) is 23.8 Å². The number of hydrogen-bond donors (Lipinski definition) is 3. The van der Waals surface area contributed by atoms with Gasteiger partial charge in [0.2, 0.25) is 0 Å². The Hall–Kier alpha value is -1.91. The molecule has 86 valence electrons. The summed E-state index contributed by atoms with van der Waals surface area (Å²) in [6.45, 7) is 1.88. The van der Waals surface area contributed by atoms with Crippen molar-refractivity contribution in [2.24, 2.45) is 0 Å². The molecule has 0 radical (unpaired) electrons. The van der Waals surface area contributed by atoms with Gasteiger partial charge < -0.3 is 20.4 Å². The lowest BCUT2D eigenvalue weighted by atomic mass is 10.2. The molecule has 2 rings (SSSR count). The molecule has 0 atom stereocenters. The minimum Gasteiger partial charge on any atom is -0.504 e. The van der Waals surface area contributed by atoms with E-state index in [1.165, 1.54) is 12.1 Å². The Kier molecular flexibility index (Phi) is 2.85. The van der Waals surface area contributed by atoms with Gasteiger partial charge in [0.05, 0.1) is 0 Å². The molecular formula is C11H14N2O3. The fraction of sp³-hybridized carbons (Fsp3) is 0.364. The summed E-state index contributed by atoms with van der Waals surface area (Å²) < 4.78 is 0. The molecule has 0 aromatic heterocycles. The fourth-order valence-electron chi connectivity index (χ4n) is 1.72. The number of carbonyl (C=O) groups is 1. The van der Waals surface area contributed by atoms with Crippen molar-refractivity contribution in [3.63, 3.8) is 0 Å². The maximum Gasteiger partial charge on any atom is 0.317 e. The quantitative estimate of drug-likeness (QED) is 0.654. The smallest absolute Gasteiger partial charge is 0.317 e. The lowest BCUT2D eigenvalue weighted by molar-refractivity contribution is 0.183. The summed E-state index contributed by atoms with van der Waals surface area (Å²) in [4.78, 5) is 13.1. The number of phenolic OH excluding ortho intramolecular Hbond substituents is 2. The van der Waals surface area contributed by atoms with Crippen molar-refractivity contribution in [2.45, 2.75) is 13.0 Å². The Morgan fingerprint density at radius 1 is 1.31 bits per heavy atom. The summed E-state index contributed by atoms with van der Waals surface area (Å²) in [5.41, 5.74) is 0.798. The monoisotopic (exact) mass is 222 g/mol. The summed E-state index contributed by atoms with van der Waals surface area (Å²) in [5, 5.41) is 21.2. The van der Waals surface area contributed by atoms with Gasteiger partial charge in [-0.05, 0) is 24.1 Å². The molecular weight excluding hydrogens is 208 g/mol. The van der Waals surface area contributed by atoms with Crippen LogP contribution < -0.4 is 5.32 Å². The van der Waals surface area contributed by atoms with Crippen LogP contribution in [0.4, 0.5) is 4.79 Å². The molecule has 2 amide bonds. The van der Waals surface area contributed by atoms with E-state index in [0.29, 0.717) is 13.1 Å². The predicted molar refractivity (Wildman–Crippen MR) is 58.2 cm³/mol. The number of benzene rings is 1. The van der Waals surface area contributed by atoms with Gasteiger partial charge in [0, 0.05) is 19.6 Å². The lowest BCUT2D eigenvalue weighted by Crippen LogP contribution is -2.45. The lowest BCUT2D eigenvalue weighted by Gasteiger charge is -2.27. The molecule has 0 saturated carbocycles. The zero-order chi connectivity index (χ0) is 11.5. The minimum absolute atomic E-state index is 0.0844. The van der Waals surface area contributed by atoms with Gasteiger partial charge >= 0.3 is 6.03 Å². The highest BCUT2D eigenvalue weighted by molar-refractivity contribution is 5.74. The number of nitrogens with zero attached hydrogens (tertiary/aromatic N) is 1. The number of nitrogens with one attached hydrogen (secondary N) is 1. The predicted octanol–water partition coefficient (Wildman–Crippen LogP) is 1.01. The Bertz CT molecular complexity index is 406. The van der Waals surface area contributed by atoms with Crippen LogP contribution in [0.1, 0.15) is 12.0 Å². The number of rotatable bonds is 2. The number of aromatic hydroxyl groups is 2. The van der Waals surface area contributed by atoms with E-state index in [1.54, 1.807) is 11.0 Å². The van der Waals surface area contributed by atoms with Crippen LogP contribution in [0.3, 0.4) is 0 Å². The second kappa shape index (κ2) is 4.30. The van der Waals surface area contributed by atoms with Crippen molar-refractivity contribution in [1.29, 1.82) is 0 Å². The second-order valence-electron chi connectivity index (χ2n) is 3.83. The largest absolute Gasteiger partial charge is 0.504 e. The van der Waals surface area contributed by atoms with E-state index < -0.39 is 0 Å². The number of phenols is 2. The summed E-state index contributed by atoms with van der Waals surface area (Å²) in [7, 11) is 0. The summed E-state index contributed by atoms with van der Waals surface area (Å²) in [6.07, 6.45) is 0.926. The van der Waals surface area contributed by atoms with Gasteiger partial charge in [-0.15, -0.1) is 0 Å². The topological polar surface area (TPSA) is 72.8 Å². The van der Waals surface area contributed by atoms with E-state index in [4.69, 9.17) is 5.11 Å². The highest BCUT2D eigenvalue weighted by atomic mass is 16.3. The van der Waals surface area contributed by atoms with Gasteiger partial charge in [0.1, 0.15) is 0 Å². The zero-order valence-electron chi connectivity index (χ0n) is 8.81. The normalized spacial score (nSPS) is 16.0. The van der Waals surface area contributed by atoms with Crippen molar-refractivity contribution < 1.29 is 15.0 Å². The molecule has 3 N–H and O–H groups in total.